The number of benzene rings is 1. The van der Waals surface area contributed by atoms with Crippen LogP contribution >= 0.6 is 0 Å². The van der Waals surface area contributed by atoms with Gasteiger partial charge in [0.25, 0.3) is 5.92 Å². The van der Waals surface area contributed by atoms with Crippen molar-refractivity contribution in [3.8, 4) is 22.4 Å². The van der Waals surface area contributed by atoms with Crippen LogP contribution in [0, 0.1) is 13.8 Å². The highest BCUT2D eigenvalue weighted by molar-refractivity contribution is 5.90. The molecule has 2 N–H and O–H groups in total. The van der Waals surface area contributed by atoms with Crippen molar-refractivity contribution in [3.63, 3.8) is 0 Å². The predicted molar refractivity (Wildman–Crippen MR) is 126 cm³/mol. The molecule has 8 nitrogen and oxygen atoms in total. The molecule has 5 rings (SSSR count). The number of nitrogens with two attached hydrogens (primary N) is 1. The lowest BCUT2D eigenvalue weighted by molar-refractivity contribution is 0.0139. The molecule has 0 saturated carbocycles. The van der Waals surface area contributed by atoms with Crippen molar-refractivity contribution in [2.45, 2.75) is 38.8 Å². The van der Waals surface area contributed by atoms with Crippen molar-refractivity contribution in [2.24, 2.45) is 0 Å². The second-order valence-corrected chi connectivity index (χ2v) is 8.95. The summed E-state index contributed by atoms with van der Waals surface area (Å²) >= 11 is 0. The molecule has 4 heterocycles. The maximum Gasteiger partial charge on any atom is 0.353 e. The van der Waals surface area contributed by atoms with Gasteiger partial charge in [-0.1, -0.05) is 30.3 Å². The molecule has 3 aromatic heterocycles. The van der Waals surface area contributed by atoms with Crippen LogP contribution in [0.5, 0.6) is 0 Å². The second-order valence-electron chi connectivity index (χ2n) is 8.95. The van der Waals surface area contributed by atoms with Gasteiger partial charge in [0.1, 0.15) is 0 Å². The number of pyridine rings is 1. The number of fused-ring (bicyclic) bond motifs is 1. The van der Waals surface area contributed by atoms with Crippen LogP contribution in [0.1, 0.15) is 17.8 Å². The van der Waals surface area contributed by atoms with Gasteiger partial charge in [0, 0.05) is 29.4 Å². The van der Waals surface area contributed by atoms with Crippen LogP contribution in [-0.2, 0) is 6.54 Å². The number of alkyl halides is 2. The minimum Gasteiger partial charge on any atom is -0.369 e. The number of rotatable bonds is 4. The van der Waals surface area contributed by atoms with Crippen molar-refractivity contribution < 1.29 is 8.78 Å². The zero-order valence-electron chi connectivity index (χ0n) is 19.2. The molecule has 1 aromatic carbocycles. The van der Waals surface area contributed by atoms with E-state index in [1.54, 1.807) is 11.9 Å². The molecule has 1 aliphatic rings. The Hall–Kier alpha value is -3.66. The summed E-state index contributed by atoms with van der Waals surface area (Å²) in [6.45, 7) is 3.46. The molecule has 0 spiro atoms. The van der Waals surface area contributed by atoms with E-state index < -0.39 is 17.7 Å². The van der Waals surface area contributed by atoms with Gasteiger partial charge in [0.05, 0.1) is 24.3 Å². The lowest BCUT2D eigenvalue weighted by Gasteiger charge is -2.17. The zero-order chi connectivity index (χ0) is 24.2. The van der Waals surface area contributed by atoms with Crippen LogP contribution in [0.2, 0.25) is 0 Å². The van der Waals surface area contributed by atoms with Gasteiger partial charge in [-0.05, 0) is 38.6 Å². The maximum absolute atomic E-state index is 13.9. The first kappa shape index (κ1) is 22.1. The van der Waals surface area contributed by atoms with Crippen molar-refractivity contribution in [3.05, 3.63) is 64.3 Å². The molecule has 0 bridgehead atoms. The van der Waals surface area contributed by atoms with Crippen molar-refractivity contribution in [1.82, 2.24) is 29.0 Å². The molecule has 4 aromatic rings. The van der Waals surface area contributed by atoms with E-state index in [0.29, 0.717) is 16.9 Å². The average Bonchev–Trinajstić information content (AvgIpc) is 3.22. The van der Waals surface area contributed by atoms with Gasteiger partial charge in [0.15, 0.2) is 5.65 Å². The molecule has 0 amide bonds. The Kier molecular flexibility index (Phi) is 5.20. The summed E-state index contributed by atoms with van der Waals surface area (Å²) < 4.78 is 30.3. The quantitative estimate of drug-likeness (QED) is 0.498. The van der Waals surface area contributed by atoms with Crippen LogP contribution in [-0.4, -0.2) is 54.6 Å². The van der Waals surface area contributed by atoms with Crippen LogP contribution in [0.4, 0.5) is 14.7 Å². The maximum atomic E-state index is 13.9. The third-order valence-corrected chi connectivity index (χ3v) is 6.19. The van der Waals surface area contributed by atoms with Crippen LogP contribution < -0.4 is 11.4 Å². The second kappa shape index (κ2) is 7.98. The average molecular weight is 466 g/mol. The predicted octanol–water partition coefficient (Wildman–Crippen LogP) is 3.16. The summed E-state index contributed by atoms with van der Waals surface area (Å²) in [6, 6.07) is 12.8. The fourth-order valence-electron chi connectivity index (χ4n) is 4.73. The highest BCUT2D eigenvalue weighted by Gasteiger charge is 2.43. The minimum atomic E-state index is -2.79. The topological polar surface area (TPSA) is 94.3 Å². The summed E-state index contributed by atoms with van der Waals surface area (Å²) in [5.74, 6) is -2.80. The van der Waals surface area contributed by atoms with E-state index in [-0.39, 0.29) is 25.5 Å². The Labute approximate surface area is 194 Å². The molecule has 1 atom stereocenters. The van der Waals surface area contributed by atoms with Gasteiger partial charge in [-0.2, -0.15) is 0 Å². The molecule has 0 aliphatic carbocycles. The number of aromatic nitrogens is 5. The SMILES string of the molecule is Cc1cc(-c2c(-c3ccccc3)nc(N)n3c(=O)n(C[C@@H]4CC(F)(F)CN4C)nc23)cc(C)n1. The van der Waals surface area contributed by atoms with E-state index in [4.69, 9.17) is 5.73 Å². The Bertz CT molecular complexity index is 1430. The number of hydrogen-bond donors (Lipinski definition) is 1. The first-order chi connectivity index (χ1) is 16.1. The highest BCUT2D eigenvalue weighted by Crippen LogP contribution is 2.35. The summed E-state index contributed by atoms with van der Waals surface area (Å²) in [7, 11) is 1.63. The fourth-order valence-corrected chi connectivity index (χ4v) is 4.73. The number of nitrogens with zero attached hydrogens (tertiary/aromatic N) is 6. The molecular formula is C24H25F2N7O. The highest BCUT2D eigenvalue weighted by atomic mass is 19.3. The molecule has 34 heavy (non-hydrogen) atoms. The van der Waals surface area contributed by atoms with Gasteiger partial charge < -0.3 is 5.73 Å². The molecular weight excluding hydrogens is 440 g/mol. The Morgan fingerprint density at radius 1 is 1.09 bits per heavy atom. The standard InChI is InChI=1S/C24H25F2N7O/c1-14-9-17(10-15(2)28-14)19-20(16-7-5-4-6-8-16)29-22(27)33-21(19)30-32(23(33)34)12-18-11-24(25,26)13-31(18)3/h4-10,18H,11-13H2,1-3H3,(H2,27,29)/t18-/m0/s1. The number of halogens is 2. The molecule has 1 fully saturated rings. The third kappa shape index (κ3) is 3.83. The van der Waals surface area contributed by atoms with Crippen molar-refractivity contribution >= 4 is 11.6 Å². The third-order valence-electron chi connectivity index (χ3n) is 6.19. The van der Waals surface area contributed by atoms with Crippen LogP contribution in [0.25, 0.3) is 28.0 Å². The number of likely N-dealkylation sites (tertiary alicyclic amines) is 1. The fraction of sp³-hybridized carbons (Fsp3) is 0.333. The van der Waals surface area contributed by atoms with Gasteiger partial charge in [-0.3, -0.25) is 9.88 Å². The summed E-state index contributed by atoms with van der Waals surface area (Å²) in [6.07, 6.45) is -0.331. The smallest absolute Gasteiger partial charge is 0.353 e. The molecule has 1 aliphatic heterocycles. The summed E-state index contributed by atoms with van der Waals surface area (Å²) in [4.78, 5) is 23.9. The number of aryl methyl sites for hydroxylation is 2. The van der Waals surface area contributed by atoms with Crippen molar-refractivity contribution in [1.29, 1.82) is 0 Å². The zero-order valence-corrected chi connectivity index (χ0v) is 19.2. The summed E-state index contributed by atoms with van der Waals surface area (Å²) in [5, 5.41) is 4.60. The van der Waals surface area contributed by atoms with E-state index in [1.165, 1.54) is 9.08 Å². The van der Waals surface area contributed by atoms with Crippen LogP contribution in [0.3, 0.4) is 0 Å². The molecule has 0 unspecified atom stereocenters. The molecule has 10 heteroatoms. The Morgan fingerprint density at radius 2 is 1.76 bits per heavy atom. The molecule has 1 saturated heterocycles. The van der Waals surface area contributed by atoms with E-state index in [1.807, 2.05) is 56.3 Å². The van der Waals surface area contributed by atoms with Gasteiger partial charge in [-0.15, -0.1) is 5.10 Å². The largest absolute Gasteiger partial charge is 0.369 e. The van der Waals surface area contributed by atoms with Crippen molar-refractivity contribution in [2.75, 3.05) is 19.3 Å². The Balaban J connectivity index is 1.75. The first-order valence-electron chi connectivity index (χ1n) is 11.0. The van der Waals surface area contributed by atoms with Gasteiger partial charge >= 0.3 is 5.69 Å². The van der Waals surface area contributed by atoms with E-state index >= 15 is 0 Å². The molecule has 0 radical (unpaired) electrons. The number of likely N-dealkylation sites (N-methyl/N-ethyl adjacent to an activating group) is 1. The lowest BCUT2D eigenvalue weighted by atomic mass is 9.99. The minimum absolute atomic E-state index is 0.0125. The molecule has 176 valence electrons. The van der Waals surface area contributed by atoms with Gasteiger partial charge in [0.2, 0.25) is 5.95 Å². The van der Waals surface area contributed by atoms with E-state index in [2.05, 4.69) is 15.1 Å². The number of nitrogen functional groups attached to an aromatic ring is 1. The number of hydrogen-bond acceptors (Lipinski definition) is 6. The van der Waals surface area contributed by atoms with E-state index in [9.17, 15) is 13.6 Å². The normalized spacial score (nSPS) is 18.1. The van der Waals surface area contributed by atoms with Crippen LogP contribution in [0.15, 0.2) is 47.3 Å². The lowest BCUT2D eigenvalue weighted by Crippen LogP contribution is -2.34. The first-order valence-corrected chi connectivity index (χ1v) is 11.0. The van der Waals surface area contributed by atoms with E-state index in [0.717, 1.165) is 22.5 Å². The Morgan fingerprint density at radius 3 is 2.38 bits per heavy atom. The monoisotopic (exact) mass is 465 g/mol. The number of anilines is 1. The van der Waals surface area contributed by atoms with Gasteiger partial charge in [-0.25, -0.2) is 27.6 Å². The summed E-state index contributed by atoms with van der Waals surface area (Å²) in [5.41, 5.74) is 10.5.